The van der Waals surface area contributed by atoms with Crippen molar-refractivity contribution in [3.63, 3.8) is 0 Å². The summed E-state index contributed by atoms with van der Waals surface area (Å²) in [6, 6.07) is 9.30. The lowest BCUT2D eigenvalue weighted by atomic mass is 10.1. The van der Waals surface area contributed by atoms with Crippen molar-refractivity contribution in [1.82, 2.24) is 0 Å². The molecule has 1 unspecified atom stereocenters. The van der Waals surface area contributed by atoms with E-state index in [1.807, 2.05) is 30.3 Å². The van der Waals surface area contributed by atoms with E-state index in [-0.39, 0.29) is 0 Å². The van der Waals surface area contributed by atoms with E-state index in [0.717, 1.165) is 5.56 Å². The average molecular weight is 246 g/mol. The Morgan fingerprint density at radius 1 is 1.25 bits per heavy atom. The van der Waals surface area contributed by atoms with E-state index in [9.17, 15) is 4.57 Å². The van der Waals surface area contributed by atoms with Gasteiger partial charge in [-0.1, -0.05) is 37.3 Å². The predicted molar refractivity (Wildman–Crippen MR) is 59.3 cm³/mol. The van der Waals surface area contributed by atoms with Crippen LogP contribution in [0.4, 0.5) is 0 Å². The maximum absolute atomic E-state index is 11.7. The monoisotopic (exact) mass is 246 g/mol. The molecule has 0 fully saturated rings. The van der Waals surface area contributed by atoms with Gasteiger partial charge in [-0.25, -0.2) is 10.5 Å². The molecule has 0 aromatic heterocycles. The summed E-state index contributed by atoms with van der Waals surface area (Å²) in [5, 5.41) is 17.0. The quantitative estimate of drug-likeness (QED) is 0.458. The van der Waals surface area contributed by atoms with E-state index in [1.165, 1.54) is 0 Å². The van der Waals surface area contributed by atoms with Gasteiger partial charge >= 0.3 is 7.60 Å². The average Bonchev–Trinajstić information content (AvgIpc) is 2.36. The van der Waals surface area contributed by atoms with Crippen molar-refractivity contribution < 1.29 is 24.4 Å². The minimum absolute atomic E-state index is 0.399. The summed E-state index contributed by atoms with van der Waals surface area (Å²) in [6.45, 7) is 1.78. The molecule has 90 valence electrons. The summed E-state index contributed by atoms with van der Waals surface area (Å²) in [5.74, 6) is 0. The highest BCUT2D eigenvalue weighted by atomic mass is 31.2. The van der Waals surface area contributed by atoms with Gasteiger partial charge in [0.2, 0.25) is 0 Å². The van der Waals surface area contributed by atoms with Crippen LogP contribution >= 0.6 is 7.60 Å². The van der Waals surface area contributed by atoms with Gasteiger partial charge in [-0.15, -0.1) is 9.35 Å². The highest BCUT2D eigenvalue weighted by Crippen LogP contribution is 2.53. The smallest absolute Gasteiger partial charge is 0.255 e. The van der Waals surface area contributed by atoms with E-state index in [0.29, 0.717) is 12.8 Å². The minimum atomic E-state index is -3.85. The summed E-state index contributed by atoms with van der Waals surface area (Å²) < 4.78 is 19.3. The van der Waals surface area contributed by atoms with Gasteiger partial charge in [0.1, 0.15) is 0 Å². The largest absolute Gasteiger partial charge is 0.387 e. The molecule has 5 nitrogen and oxygen atoms in total. The Balaban J connectivity index is 2.80. The van der Waals surface area contributed by atoms with Gasteiger partial charge in [-0.05, 0) is 18.4 Å². The van der Waals surface area contributed by atoms with Crippen LogP contribution in [-0.4, -0.2) is 16.2 Å². The lowest BCUT2D eigenvalue weighted by Crippen LogP contribution is -2.13. The van der Waals surface area contributed by atoms with Gasteiger partial charge in [0.05, 0.1) is 5.66 Å². The molecule has 0 spiro atoms. The molecule has 1 rings (SSSR count). The Kier molecular flexibility index (Phi) is 5.12. The van der Waals surface area contributed by atoms with Crippen molar-refractivity contribution >= 4 is 7.60 Å². The normalized spacial score (nSPS) is 13.7. The van der Waals surface area contributed by atoms with Crippen LogP contribution in [0, 0.1) is 0 Å². The molecule has 0 bridgehead atoms. The lowest BCUT2D eigenvalue weighted by Gasteiger charge is -2.19. The second-order valence-corrected chi connectivity index (χ2v) is 5.59. The molecule has 6 heteroatoms. The van der Waals surface area contributed by atoms with Gasteiger partial charge in [-0.3, -0.25) is 4.57 Å². The first-order valence-corrected chi connectivity index (χ1v) is 6.57. The topological polar surface area (TPSA) is 76.0 Å². The van der Waals surface area contributed by atoms with Crippen LogP contribution in [0.15, 0.2) is 30.3 Å². The number of hydrogen-bond acceptors (Lipinski definition) is 5. The molecule has 0 aliphatic rings. The van der Waals surface area contributed by atoms with Gasteiger partial charge in [-0.2, -0.15) is 0 Å². The molecule has 0 saturated carbocycles. The molecule has 0 saturated heterocycles. The Bertz CT molecular complexity index is 345. The van der Waals surface area contributed by atoms with Crippen molar-refractivity contribution in [2.45, 2.75) is 25.4 Å². The number of benzene rings is 1. The van der Waals surface area contributed by atoms with Crippen molar-refractivity contribution in [2.75, 3.05) is 0 Å². The van der Waals surface area contributed by atoms with Crippen molar-refractivity contribution in [1.29, 1.82) is 0 Å². The van der Waals surface area contributed by atoms with Gasteiger partial charge in [0.15, 0.2) is 0 Å². The number of hydrogen-bond donors (Lipinski definition) is 2. The van der Waals surface area contributed by atoms with Crippen LogP contribution in [0.5, 0.6) is 0 Å². The third-order valence-corrected chi connectivity index (χ3v) is 4.36. The van der Waals surface area contributed by atoms with E-state index in [4.69, 9.17) is 10.5 Å². The molecule has 0 radical (unpaired) electrons. The fourth-order valence-electron chi connectivity index (χ4n) is 1.51. The van der Waals surface area contributed by atoms with Crippen molar-refractivity contribution in [3.05, 3.63) is 35.9 Å². The van der Waals surface area contributed by atoms with E-state index in [1.54, 1.807) is 6.92 Å². The zero-order chi connectivity index (χ0) is 12.0. The molecular weight excluding hydrogens is 231 g/mol. The van der Waals surface area contributed by atoms with Crippen LogP contribution in [-0.2, 0) is 20.3 Å². The summed E-state index contributed by atoms with van der Waals surface area (Å²) in [6.07, 6.45) is 0.850. The van der Waals surface area contributed by atoms with Crippen LogP contribution in [0.3, 0.4) is 0 Å². The summed E-state index contributed by atoms with van der Waals surface area (Å²) in [4.78, 5) is 0. The maximum atomic E-state index is 11.7. The van der Waals surface area contributed by atoms with Crippen molar-refractivity contribution in [2.24, 2.45) is 0 Å². The standard InChI is InChI=1S/C10H15O5P/c1-2-10(16(13,14-11)15-12)8-9-6-4-3-5-7-9/h3-7,10-12H,2,8H2,1H3. The zero-order valence-electron chi connectivity index (χ0n) is 8.94. The molecule has 0 amide bonds. The highest BCUT2D eigenvalue weighted by molar-refractivity contribution is 7.54. The third kappa shape index (κ3) is 3.14. The molecule has 1 aromatic carbocycles. The van der Waals surface area contributed by atoms with Gasteiger partial charge in [0, 0.05) is 0 Å². The minimum Gasteiger partial charge on any atom is -0.255 e. The van der Waals surface area contributed by atoms with E-state index in [2.05, 4.69) is 9.35 Å². The van der Waals surface area contributed by atoms with E-state index >= 15 is 0 Å². The fourth-order valence-corrected chi connectivity index (χ4v) is 2.69. The Labute approximate surface area is 94.0 Å². The summed E-state index contributed by atoms with van der Waals surface area (Å²) in [7, 11) is -3.85. The fraction of sp³-hybridized carbons (Fsp3) is 0.400. The zero-order valence-corrected chi connectivity index (χ0v) is 9.84. The molecule has 1 aromatic rings. The van der Waals surface area contributed by atoms with Gasteiger partial charge < -0.3 is 0 Å². The Hall–Kier alpha value is -0.710. The van der Waals surface area contributed by atoms with Crippen LogP contribution in [0.1, 0.15) is 18.9 Å². The highest BCUT2D eigenvalue weighted by Gasteiger charge is 2.35. The first kappa shape index (κ1) is 13.4. The molecule has 16 heavy (non-hydrogen) atoms. The molecule has 0 heterocycles. The summed E-state index contributed by atoms with van der Waals surface area (Å²) in [5.41, 5.74) is 0.355. The molecular formula is C10H15O5P. The van der Waals surface area contributed by atoms with Crippen LogP contribution < -0.4 is 0 Å². The third-order valence-electron chi connectivity index (χ3n) is 2.46. The van der Waals surface area contributed by atoms with Crippen LogP contribution in [0.2, 0.25) is 0 Å². The molecule has 1 atom stereocenters. The first-order valence-electron chi connectivity index (χ1n) is 4.96. The van der Waals surface area contributed by atoms with Crippen molar-refractivity contribution in [3.8, 4) is 0 Å². The molecule has 0 aliphatic heterocycles. The molecule has 0 aliphatic carbocycles. The number of rotatable bonds is 6. The summed E-state index contributed by atoms with van der Waals surface area (Å²) >= 11 is 0. The Morgan fingerprint density at radius 3 is 2.25 bits per heavy atom. The van der Waals surface area contributed by atoms with Crippen LogP contribution in [0.25, 0.3) is 0 Å². The molecule has 2 N–H and O–H groups in total. The second-order valence-electron chi connectivity index (χ2n) is 3.45. The Morgan fingerprint density at radius 2 is 1.81 bits per heavy atom. The SMILES string of the molecule is CCC(Cc1ccccc1)P(=O)(OO)OO. The van der Waals surface area contributed by atoms with Gasteiger partial charge in [0.25, 0.3) is 0 Å². The predicted octanol–water partition coefficient (Wildman–Crippen LogP) is 3.18. The second kappa shape index (κ2) is 6.13. The van der Waals surface area contributed by atoms with E-state index < -0.39 is 13.3 Å². The lowest BCUT2D eigenvalue weighted by molar-refractivity contribution is -0.210. The first-order chi connectivity index (χ1) is 7.66. The maximum Gasteiger partial charge on any atom is 0.387 e.